The smallest absolute Gasteiger partial charge is 0.481 e. The van der Waals surface area contributed by atoms with Gasteiger partial charge in [0.05, 0.1) is 6.61 Å². The van der Waals surface area contributed by atoms with E-state index in [1.54, 1.807) is 6.92 Å². The number of aromatic nitrogens is 1. The number of ether oxygens (including phenoxy) is 1. The van der Waals surface area contributed by atoms with Crippen LogP contribution in [-0.2, 0) is 29.0 Å². The number of benzene rings is 1. The maximum Gasteiger partial charge on any atom is 1.00 e. The van der Waals surface area contributed by atoms with Crippen LogP contribution >= 0.6 is 0 Å². The predicted molar refractivity (Wildman–Crippen MR) is 132 cm³/mol. The Morgan fingerprint density at radius 3 is 2.45 bits per heavy atom. The van der Waals surface area contributed by atoms with Gasteiger partial charge >= 0.3 is 24.8 Å². The van der Waals surface area contributed by atoms with E-state index in [1.807, 2.05) is 30.3 Å². The van der Waals surface area contributed by atoms with Crippen molar-refractivity contribution in [3.63, 3.8) is 0 Å². The van der Waals surface area contributed by atoms with E-state index in [2.05, 4.69) is 43.2 Å². The fourth-order valence-electron chi connectivity index (χ4n) is 2.88. The number of aryl methyl sites for hydroxylation is 2. The van der Waals surface area contributed by atoms with Crippen molar-refractivity contribution in [2.75, 3.05) is 18.5 Å². The Labute approximate surface area is 212 Å². The monoisotopic (exact) mass is 446 g/mol. The average Bonchev–Trinajstić information content (AvgIpc) is 2.83. The topological polar surface area (TPSA) is 71.5 Å². The van der Waals surface area contributed by atoms with Crippen LogP contribution in [0.1, 0.15) is 55.8 Å². The molecule has 6 heteroatoms. The summed E-state index contributed by atoms with van der Waals surface area (Å²) in [6, 6.07) is 14.5. The molecule has 33 heavy (non-hydrogen) atoms. The number of hydrogen-bond acceptors (Lipinski definition) is 4. The summed E-state index contributed by atoms with van der Waals surface area (Å²) in [6.07, 6.45) is 7.40. The van der Waals surface area contributed by atoms with Crippen molar-refractivity contribution in [2.45, 2.75) is 58.5 Å². The van der Waals surface area contributed by atoms with E-state index >= 15 is 0 Å². The maximum absolute atomic E-state index is 9.89. The molecule has 0 radical (unpaired) electrons. The number of nitrogens with one attached hydrogen (secondary N) is 1. The van der Waals surface area contributed by atoms with Gasteiger partial charge in [-0.25, -0.2) is 4.98 Å². The van der Waals surface area contributed by atoms with E-state index < -0.39 is 5.97 Å². The predicted octanol–water partition coefficient (Wildman–Crippen LogP) is 2.96. The first-order chi connectivity index (χ1) is 15.5. The van der Waals surface area contributed by atoms with E-state index in [0.717, 1.165) is 25.2 Å². The molecule has 2 heterocycles. The molecular formula is C27H39LiN2O3-2. The quantitative estimate of drug-likeness (QED) is 0.352. The Morgan fingerprint density at radius 1 is 1.15 bits per heavy atom. The number of carbonyl (C=O) groups is 1. The number of rotatable bonds is 9. The Hall–Kier alpha value is -1.80. The largest absolute Gasteiger partial charge is 1.00 e. The molecule has 0 spiro atoms. The summed E-state index contributed by atoms with van der Waals surface area (Å²) in [5.74, 6) is 0.0587. The molecule has 1 aromatic carbocycles. The van der Waals surface area contributed by atoms with Crippen molar-refractivity contribution in [3.8, 4) is 0 Å². The van der Waals surface area contributed by atoms with E-state index in [-0.39, 0.29) is 24.8 Å². The van der Waals surface area contributed by atoms with Gasteiger partial charge < -0.3 is 35.9 Å². The number of anilines is 1. The Kier molecular flexibility index (Phi) is 18.6. The third-order valence-electron chi connectivity index (χ3n) is 5.00. The van der Waals surface area contributed by atoms with Crippen molar-refractivity contribution < 1.29 is 33.5 Å². The van der Waals surface area contributed by atoms with Crippen molar-refractivity contribution in [1.82, 2.24) is 4.98 Å². The zero-order chi connectivity index (χ0) is 23.6. The molecule has 1 aromatic heterocycles. The van der Waals surface area contributed by atoms with Gasteiger partial charge in [0.2, 0.25) is 0 Å². The summed E-state index contributed by atoms with van der Waals surface area (Å²) in [4.78, 5) is 14.5. The van der Waals surface area contributed by atoms with E-state index in [9.17, 15) is 4.79 Å². The Balaban J connectivity index is 0.000000497. The summed E-state index contributed by atoms with van der Waals surface area (Å²) in [5, 5.41) is 11.5. The number of carboxylic acid groups (broad SMARTS) is 1. The summed E-state index contributed by atoms with van der Waals surface area (Å²) in [6.45, 7) is 14.8. The minimum absolute atomic E-state index is 0. The molecule has 178 valence electrons. The Morgan fingerprint density at radius 2 is 1.88 bits per heavy atom. The molecular weight excluding hydrogens is 407 g/mol. The van der Waals surface area contributed by atoms with Crippen molar-refractivity contribution in [3.05, 3.63) is 80.1 Å². The molecule has 0 saturated carbocycles. The SMILES string of the molecule is [CH2-]CCCCc1ccc2c(n1)NCCC2.[CH2-]COCc1ccccc1.[CH2-]C[C@H](C)C(=O)O.[Li+]. The molecule has 0 aliphatic carbocycles. The third kappa shape index (κ3) is 14.1. The molecule has 2 aromatic rings. The second kappa shape index (κ2) is 19.6. The number of hydrogen-bond donors (Lipinski definition) is 2. The van der Waals surface area contributed by atoms with Crippen LogP contribution in [0.2, 0.25) is 0 Å². The van der Waals surface area contributed by atoms with Gasteiger partial charge in [-0.3, -0.25) is 4.79 Å². The molecule has 1 aliphatic heterocycles. The fourth-order valence-corrected chi connectivity index (χ4v) is 2.88. The van der Waals surface area contributed by atoms with Gasteiger partial charge in [-0.15, -0.1) is 0 Å². The number of carboxylic acids is 1. The number of fused-ring (bicyclic) bond motifs is 1. The molecule has 0 bridgehead atoms. The minimum Gasteiger partial charge on any atom is -0.481 e. The molecule has 0 amide bonds. The number of nitrogens with zero attached hydrogens (tertiary/aromatic N) is 1. The van der Waals surface area contributed by atoms with Crippen LogP contribution in [0.3, 0.4) is 0 Å². The van der Waals surface area contributed by atoms with Gasteiger partial charge in [0.1, 0.15) is 5.82 Å². The molecule has 0 saturated heterocycles. The van der Waals surface area contributed by atoms with Crippen molar-refractivity contribution in [1.29, 1.82) is 0 Å². The third-order valence-corrected chi connectivity index (χ3v) is 5.00. The van der Waals surface area contributed by atoms with Gasteiger partial charge in [0.15, 0.2) is 0 Å². The van der Waals surface area contributed by atoms with Gasteiger partial charge in [-0.2, -0.15) is 12.8 Å². The molecule has 1 atom stereocenters. The Bertz CT molecular complexity index is 756. The average molecular weight is 447 g/mol. The van der Waals surface area contributed by atoms with Gasteiger partial charge in [0.25, 0.3) is 0 Å². The zero-order valence-corrected chi connectivity index (χ0v) is 20.5. The first-order valence-corrected chi connectivity index (χ1v) is 11.5. The van der Waals surface area contributed by atoms with Gasteiger partial charge in [-0.05, 0) is 36.5 Å². The van der Waals surface area contributed by atoms with Crippen LogP contribution in [0.5, 0.6) is 0 Å². The molecule has 1 aliphatic rings. The van der Waals surface area contributed by atoms with Crippen molar-refractivity contribution >= 4 is 11.8 Å². The number of pyridine rings is 1. The van der Waals surface area contributed by atoms with E-state index in [0.29, 0.717) is 19.6 Å². The molecule has 3 rings (SSSR count). The zero-order valence-electron chi connectivity index (χ0n) is 20.5. The van der Waals surface area contributed by atoms with Gasteiger partial charge in [-0.1, -0.05) is 62.8 Å². The van der Waals surface area contributed by atoms with Crippen LogP contribution in [0.4, 0.5) is 5.82 Å². The first-order valence-electron chi connectivity index (χ1n) is 11.5. The number of aliphatic carboxylic acids is 1. The summed E-state index contributed by atoms with van der Waals surface area (Å²) >= 11 is 0. The van der Waals surface area contributed by atoms with Crippen LogP contribution in [0.25, 0.3) is 0 Å². The maximum atomic E-state index is 9.89. The molecule has 0 unspecified atom stereocenters. The van der Waals surface area contributed by atoms with E-state index in [4.69, 9.17) is 9.84 Å². The second-order valence-corrected chi connectivity index (χ2v) is 7.72. The van der Waals surface area contributed by atoms with Gasteiger partial charge in [0, 0.05) is 18.2 Å². The molecule has 0 fully saturated rings. The first kappa shape index (κ1) is 31.2. The van der Waals surface area contributed by atoms with Crippen LogP contribution in [0.15, 0.2) is 42.5 Å². The molecule has 5 nitrogen and oxygen atoms in total. The van der Waals surface area contributed by atoms with Crippen LogP contribution < -0.4 is 24.2 Å². The number of unbranched alkanes of at least 4 members (excludes halogenated alkanes) is 2. The normalized spacial score (nSPS) is 12.4. The fraction of sp³-hybridized carbons (Fsp3) is 0.444. The summed E-state index contributed by atoms with van der Waals surface area (Å²) < 4.78 is 5.11. The summed E-state index contributed by atoms with van der Waals surface area (Å²) in [7, 11) is 0. The van der Waals surface area contributed by atoms with Crippen LogP contribution in [0, 0.1) is 26.7 Å². The van der Waals surface area contributed by atoms with Crippen molar-refractivity contribution in [2.24, 2.45) is 5.92 Å². The minimum atomic E-state index is -0.769. The van der Waals surface area contributed by atoms with E-state index in [1.165, 1.54) is 42.5 Å². The summed E-state index contributed by atoms with van der Waals surface area (Å²) in [5.41, 5.74) is 3.80. The second-order valence-electron chi connectivity index (χ2n) is 7.72. The van der Waals surface area contributed by atoms with Crippen LogP contribution in [-0.4, -0.2) is 29.2 Å². The standard InChI is InChI=1S/C13H19N2.C9H11O.C5H9O2.Li/c1-2-3-4-7-12-9-8-11-6-5-10-14-13(11)15-12;1-2-10-8-9-6-4-3-5-7-9;1-3-4(2)5(6)7;/h8-9H,1-7,10H2,(H,14,15);3-7H,1-2,8H2;4H,1,3H2,2H3,(H,6,7);/q3*-1;+1/t;;4-;/m..0./s1. The molecule has 2 N–H and O–H groups in total.